The standard InChI is InChI=1S/C15H20F3N/c1-11-8-9-19-14(10-11)7-4-12-2-5-13(6-3-12)15(16,17)18/h2-3,5-6,11,14,19H,4,7-10H2,1H3/t11?,14-/m0/s1. The first-order valence-electron chi connectivity index (χ1n) is 6.84. The van der Waals surface area contributed by atoms with E-state index in [1.165, 1.54) is 25.0 Å². The molecule has 0 bridgehead atoms. The number of alkyl halides is 3. The topological polar surface area (TPSA) is 12.0 Å². The maximum atomic E-state index is 12.4. The van der Waals surface area contributed by atoms with E-state index in [2.05, 4.69) is 12.2 Å². The van der Waals surface area contributed by atoms with Gasteiger partial charge in [0.25, 0.3) is 0 Å². The van der Waals surface area contributed by atoms with Gasteiger partial charge in [-0.3, -0.25) is 0 Å². The summed E-state index contributed by atoms with van der Waals surface area (Å²) in [6.07, 6.45) is -0.0193. The van der Waals surface area contributed by atoms with Gasteiger partial charge in [0.05, 0.1) is 5.56 Å². The zero-order valence-electron chi connectivity index (χ0n) is 11.1. The van der Waals surface area contributed by atoms with Crippen LogP contribution in [-0.2, 0) is 12.6 Å². The van der Waals surface area contributed by atoms with Gasteiger partial charge in [-0.2, -0.15) is 13.2 Å². The SMILES string of the molecule is CC1CCN[C@@H](CCc2ccc(C(F)(F)F)cc2)C1. The third kappa shape index (κ3) is 4.23. The number of aryl methyl sites for hydroxylation is 1. The van der Waals surface area contributed by atoms with E-state index in [9.17, 15) is 13.2 Å². The van der Waals surface area contributed by atoms with E-state index in [1.807, 2.05) is 0 Å². The zero-order valence-corrected chi connectivity index (χ0v) is 11.1. The Bertz CT molecular complexity index is 397. The van der Waals surface area contributed by atoms with E-state index in [4.69, 9.17) is 0 Å². The lowest BCUT2D eigenvalue weighted by molar-refractivity contribution is -0.137. The van der Waals surface area contributed by atoms with Crippen molar-refractivity contribution in [1.82, 2.24) is 5.32 Å². The van der Waals surface area contributed by atoms with Gasteiger partial charge >= 0.3 is 6.18 Å². The Labute approximate surface area is 112 Å². The van der Waals surface area contributed by atoms with Crippen molar-refractivity contribution in [3.05, 3.63) is 35.4 Å². The number of hydrogen-bond acceptors (Lipinski definition) is 1. The normalized spacial score (nSPS) is 24.4. The van der Waals surface area contributed by atoms with Crippen LogP contribution in [0.25, 0.3) is 0 Å². The fourth-order valence-corrected chi connectivity index (χ4v) is 2.64. The molecular weight excluding hydrogens is 251 g/mol. The second-order valence-corrected chi connectivity index (χ2v) is 5.51. The van der Waals surface area contributed by atoms with Gasteiger partial charge in [-0.1, -0.05) is 19.1 Å². The van der Waals surface area contributed by atoms with Crippen LogP contribution in [0.15, 0.2) is 24.3 Å². The molecule has 1 heterocycles. The molecule has 1 N–H and O–H groups in total. The highest BCUT2D eigenvalue weighted by atomic mass is 19.4. The summed E-state index contributed by atoms with van der Waals surface area (Å²) in [5, 5.41) is 3.48. The second-order valence-electron chi connectivity index (χ2n) is 5.51. The van der Waals surface area contributed by atoms with Crippen LogP contribution in [0.3, 0.4) is 0 Å². The van der Waals surface area contributed by atoms with Crippen molar-refractivity contribution in [3.63, 3.8) is 0 Å². The molecule has 0 aliphatic carbocycles. The predicted octanol–water partition coefficient (Wildman–Crippen LogP) is 4.03. The van der Waals surface area contributed by atoms with Crippen molar-refractivity contribution < 1.29 is 13.2 Å². The Hall–Kier alpha value is -1.03. The summed E-state index contributed by atoms with van der Waals surface area (Å²) in [5.74, 6) is 0.749. The number of hydrogen-bond donors (Lipinski definition) is 1. The highest BCUT2D eigenvalue weighted by Crippen LogP contribution is 2.29. The van der Waals surface area contributed by atoms with Crippen molar-refractivity contribution in [3.8, 4) is 0 Å². The van der Waals surface area contributed by atoms with Gasteiger partial charge in [-0.15, -0.1) is 0 Å². The molecule has 2 rings (SSSR count). The van der Waals surface area contributed by atoms with E-state index in [0.29, 0.717) is 6.04 Å². The van der Waals surface area contributed by atoms with Gasteiger partial charge in [0, 0.05) is 6.04 Å². The van der Waals surface area contributed by atoms with Gasteiger partial charge in [-0.25, -0.2) is 0 Å². The number of halogens is 3. The average Bonchev–Trinajstić information content (AvgIpc) is 2.36. The van der Waals surface area contributed by atoms with Crippen molar-refractivity contribution in [2.45, 2.75) is 44.8 Å². The van der Waals surface area contributed by atoms with E-state index in [1.54, 1.807) is 12.1 Å². The first-order valence-corrected chi connectivity index (χ1v) is 6.84. The molecule has 19 heavy (non-hydrogen) atoms. The number of benzene rings is 1. The van der Waals surface area contributed by atoms with E-state index in [0.717, 1.165) is 30.9 Å². The zero-order chi connectivity index (χ0) is 13.9. The van der Waals surface area contributed by atoms with Crippen molar-refractivity contribution >= 4 is 0 Å². The number of nitrogens with one attached hydrogen (secondary N) is 1. The summed E-state index contributed by atoms with van der Waals surface area (Å²) in [6, 6.07) is 6.04. The molecule has 4 heteroatoms. The first-order chi connectivity index (χ1) is 8.95. The molecule has 1 aromatic carbocycles. The fraction of sp³-hybridized carbons (Fsp3) is 0.600. The molecule has 0 amide bonds. The summed E-state index contributed by atoms with van der Waals surface area (Å²) in [4.78, 5) is 0. The molecule has 2 atom stereocenters. The quantitative estimate of drug-likeness (QED) is 0.875. The van der Waals surface area contributed by atoms with Crippen LogP contribution in [0, 0.1) is 5.92 Å². The van der Waals surface area contributed by atoms with Crippen LogP contribution in [-0.4, -0.2) is 12.6 Å². The Morgan fingerprint density at radius 3 is 2.47 bits per heavy atom. The van der Waals surface area contributed by atoms with Gasteiger partial charge < -0.3 is 5.32 Å². The lowest BCUT2D eigenvalue weighted by Crippen LogP contribution is -2.37. The lowest BCUT2D eigenvalue weighted by Gasteiger charge is -2.28. The molecule has 1 saturated heterocycles. The molecule has 1 aromatic rings. The summed E-state index contributed by atoms with van der Waals surface area (Å²) in [7, 11) is 0. The van der Waals surface area contributed by atoms with Gasteiger partial charge in [0.15, 0.2) is 0 Å². The molecule has 0 aromatic heterocycles. The third-order valence-corrected chi connectivity index (χ3v) is 3.82. The summed E-state index contributed by atoms with van der Waals surface area (Å²) >= 11 is 0. The molecule has 1 fully saturated rings. The largest absolute Gasteiger partial charge is 0.416 e. The minimum Gasteiger partial charge on any atom is -0.314 e. The first kappa shape index (κ1) is 14.4. The predicted molar refractivity (Wildman–Crippen MR) is 70.0 cm³/mol. The van der Waals surface area contributed by atoms with Gasteiger partial charge in [0.1, 0.15) is 0 Å². The van der Waals surface area contributed by atoms with Crippen LogP contribution in [0.4, 0.5) is 13.2 Å². The highest BCUT2D eigenvalue weighted by Gasteiger charge is 2.29. The van der Waals surface area contributed by atoms with E-state index in [-0.39, 0.29) is 0 Å². The molecule has 1 nitrogen and oxygen atoms in total. The Balaban J connectivity index is 1.86. The Kier molecular flexibility index (Phi) is 4.50. The van der Waals surface area contributed by atoms with Crippen molar-refractivity contribution in [2.75, 3.05) is 6.54 Å². The minimum atomic E-state index is -4.24. The molecule has 1 aliphatic heterocycles. The molecule has 0 radical (unpaired) electrons. The third-order valence-electron chi connectivity index (χ3n) is 3.82. The summed E-state index contributed by atoms with van der Waals surface area (Å²) < 4.78 is 37.3. The second kappa shape index (κ2) is 5.95. The molecular formula is C15H20F3N. The monoisotopic (exact) mass is 271 g/mol. The van der Waals surface area contributed by atoms with Crippen molar-refractivity contribution in [1.29, 1.82) is 0 Å². The van der Waals surface area contributed by atoms with E-state index < -0.39 is 11.7 Å². The Morgan fingerprint density at radius 1 is 1.21 bits per heavy atom. The summed E-state index contributed by atoms with van der Waals surface area (Å²) in [5.41, 5.74) is 0.411. The molecule has 1 aliphatic rings. The van der Waals surface area contributed by atoms with Crippen molar-refractivity contribution in [2.24, 2.45) is 5.92 Å². The van der Waals surface area contributed by atoms with Gasteiger partial charge in [0.2, 0.25) is 0 Å². The minimum absolute atomic E-state index is 0.506. The van der Waals surface area contributed by atoms with Crippen LogP contribution < -0.4 is 5.32 Å². The van der Waals surface area contributed by atoms with E-state index >= 15 is 0 Å². The smallest absolute Gasteiger partial charge is 0.314 e. The molecule has 0 spiro atoms. The molecule has 1 unspecified atom stereocenters. The van der Waals surface area contributed by atoms with Crippen LogP contribution in [0.1, 0.15) is 37.3 Å². The van der Waals surface area contributed by atoms with Crippen LogP contribution in [0.2, 0.25) is 0 Å². The maximum Gasteiger partial charge on any atom is 0.416 e. The average molecular weight is 271 g/mol. The Morgan fingerprint density at radius 2 is 1.89 bits per heavy atom. The highest BCUT2D eigenvalue weighted by molar-refractivity contribution is 5.24. The number of rotatable bonds is 3. The fourth-order valence-electron chi connectivity index (χ4n) is 2.64. The summed E-state index contributed by atoms with van der Waals surface area (Å²) in [6.45, 7) is 3.31. The van der Waals surface area contributed by atoms with Crippen LogP contribution in [0.5, 0.6) is 0 Å². The van der Waals surface area contributed by atoms with Gasteiger partial charge in [-0.05, 0) is 55.8 Å². The lowest BCUT2D eigenvalue weighted by atomic mass is 9.91. The number of piperidine rings is 1. The molecule has 106 valence electrons. The maximum absolute atomic E-state index is 12.4. The van der Waals surface area contributed by atoms with Crippen LogP contribution >= 0.6 is 0 Å². The molecule has 0 saturated carbocycles.